The molecule has 1 saturated heterocycles. The van der Waals surface area contributed by atoms with Gasteiger partial charge in [0.1, 0.15) is 11.3 Å². The summed E-state index contributed by atoms with van der Waals surface area (Å²) in [4.78, 5) is 21.2. The number of aromatic nitrogens is 1. The van der Waals surface area contributed by atoms with Gasteiger partial charge in [-0.25, -0.2) is 9.78 Å². The van der Waals surface area contributed by atoms with Crippen LogP contribution >= 0.6 is 11.3 Å². The minimum Gasteiger partial charge on any atom is -0.461 e. The number of rotatable bonds is 3. The topological polar surface area (TPSA) is 61.6 Å². The summed E-state index contributed by atoms with van der Waals surface area (Å²) in [5.74, 6) is 0.857. The van der Waals surface area contributed by atoms with Gasteiger partial charge in [-0.05, 0) is 19.9 Å². The zero-order valence-electron chi connectivity index (χ0n) is 15.0. The van der Waals surface area contributed by atoms with E-state index in [1.165, 1.54) is 0 Å². The molecule has 4 rings (SSSR count). The maximum atomic E-state index is 12.5. The molecule has 1 N–H and O–H groups in total. The number of amides is 2. The van der Waals surface area contributed by atoms with Gasteiger partial charge in [0, 0.05) is 49.1 Å². The lowest BCUT2D eigenvalue weighted by atomic mass is 10.1. The summed E-state index contributed by atoms with van der Waals surface area (Å²) in [5, 5.41) is 7.21. The van der Waals surface area contributed by atoms with Gasteiger partial charge < -0.3 is 19.5 Å². The Bertz CT molecular complexity index is 925. The summed E-state index contributed by atoms with van der Waals surface area (Å²) in [6.45, 7) is 7.46. The van der Waals surface area contributed by atoms with Crippen molar-refractivity contribution in [3.63, 3.8) is 0 Å². The van der Waals surface area contributed by atoms with Crippen molar-refractivity contribution in [2.24, 2.45) is 0 Å². The van der Waals surface area contributed by atoms with Gasteiger partial charge in [-0.1, -0.05) is 18.2 Å². The molecule has 1 fully saturated rings. The second-order valence-corrected chi connectivity index (χ2v) is 7.37. The summed E-state index contributed by atoms with van der Waals surface area (Å²) in [6.07, 6.45) is 0. The van der Waals surface area contributed by atoms with E-state index in [1.807, 2.05) is 43.0 Å². The van der Waals surface area contributed by atoms with E-state index < -0.39 is 0 Å². The van der Waals surface area contributed by atoms with Crippen LogP contribution in [0.4, 0.5) is 9.93 Å². The lowest BCUT2D eigenvalue weighted by Crippen LogP contribution is -2.51. The Morgan fingerprint density at radius 1 is 1.23 bits per heavy atom. The molecule has 3 aromatic rings. The summed E-state index contributed by atoms with van der Waals surface area (Å²) in [5.41, 5.74) is 2.96. The Morgan fingerprint density at radius 3 is 2.73 bits per heavy atom. The van der Waals surface area contributed by atoms with Crippen LogP contribution in [0.25, 0.3) is 11.0 Å². The molecule has 26 heavy (non-hydrogen) atoms. The highest BCUT2D eigenvalue weighted by Crippen LogP contribution is 2.25. The quantitative estimate of drug-likeness (QED) is 0.766. The summed E-state index contributed by atoms with van der Waals surface area (Å²) >= 11 is 1.66. The van der Waals surface area contributed by atoms with Gasteiger partial charge in [0.05, 0.1) is 5.69 Å². The van der Waals surface area contributed by atoms with Crippen LogP contribution in [0.1, 0.15) is 17.0 Å². The first kappa shape index (κ1) is 16.9. The number of carbonyl (C=O) groups excluding carboxylic acids is 1. The highest BCUT2D eigenvalue weighted by molar-refractivity contribution is 7.13. The molecule has 2 aromatic heterocycles. The molecule has 1 aliphatic heterocycles. The molecule has 0 aliphatic carbocycles. The van der Waals surface area contributed by atoms with Crippen molar-refractivity contribution in [2.75, 3.05) is 31.1 Å². The zero-order valence-corrected chi connectivity index (χ0v) is 15.8. The maximum absolute atomic E-state index is 12.5. The van der Waals surface area contributed by atoms with E-state index in [-0.39, 0.29) is 6.03 Å². The molecule has 6 nitrogen and oxygen atoms in total. The Balaban J connectivity index is 1.35. The third-order valence-electron chi connectivity index (χ3n) is 4.76. The van der Waals surface area contributed by atoms with Crippen LogP contribution in [0.5, 0.6) is 0 Å². The third kappa shape index (κ3) is 3.26. The standard InChI is InChI=1S/C19H22N4O2S/c1-13-12-26-19(21-13)23-9-7-22(8-10-23)18(24)20-11-16-14(2)25-17-6-4-3-5-15(16)17/h3-6,12H,7-11H2,1-2H3,(H,20,24). The van der Waals surface area contributed by atoms with Crippen LogP contribution in [0.15, 0.2) is 34.1 Å². The number of hydrogen-bond acceptors (Lipinski definition) is 5. The van der Waals surface area contributed by atoms with E-state index in [2.05, 4.69) is 20.6 Å². The van der Waals surface area contributed by atoms with Crippen LogP contribution in [0.3, 0.4) is 0 Å². The average Bonchev–Trinajstić information content (AvgIpc) is 3.22. The minimum atomic E-state index is -0.0235. The Labute approximate surface area is 156 Å². The van der Waals surface area contributed by atoms with E-state index in [0.717, 1.165) is 46.2 Å². The van der Waals surface area contributed by atoms with Gasteiger partial charge in [0.15, 0.2) is 5.13 Å². The SMILES string of the molecule is Cc1csc(N2CCN(C(=O)NCc3c(C)oc4ccccc34)CC2)n1. The number of carbonyl (C=O) groups is 1. The number of furan rings is 1. The van der Waals surface area contributed by atoms with E-state index >= 15 is 0 Å². The fourth-order valence-electron chi connectivity index (χ4n) is 3.30. The minimum absolute atomic E-state index is 0.0235. The van der Waals surface area contributed by atoms with Crippen LogP contribution in [-0.2, 0) is 6.54 Å². The number of hydrogen-bond donors (Lipinski definition) is 1. The van der Waals surface area contributed by atoms with E-state index in [9.17, 15) is 4.79 Å². The molecular formula is C19H22N4O2S. The molecule has 0 bridgehead atoms. The Kier molecular flexibility index (Phi) is 4.55. The second kappa shape index (κ2) is 6.99. The van der Waals surface area contributed by atoms with Crippen LogP contribution in [-0.4, -0.2) is 42.1 Å². The fourth-order valence-corrected chi connectivity index (χ4v) is 4.16. The van der Waals surface area contributed by atoms with Crippen LogP contribution in [0, 0.1) is 13.8 Å². The number of nitrogens with one attached hydrogen (secondary N) is 1. The predicted molar refractivity (Wildman–Crippen MR) is 104 cm³/mol. The van der Waals surface area contributed by atoms with Gasteiger partial charge in [0.25, 0.3) is 0 Å². The number of urea groups is 1. The monoisotopic (exact) mass is 370 g/mol. The van der Waals surface area contributed by atoms with E-state index in [4.69, 9.17) is 4.42 Å². The third-order valence-corrected chi connectivity index (χ3v) is 5.78. The van der Waals surface area contributed by atoms with Crippen molar-refractivity contribution in [2.45, 2.75) is 20.4 Å². The summed E-state index contributed by atoms with van der Waals surface area (Å²) in [7, 11) is 0. The lowest BCUT2D eigenvalue weighted by Gasteiger charge is -2.34. The van der Waals surface area contributed by atoms with Crippen molar-refractivity contribution in [1.82, 2.24) is 15.2 Å². The van der Waals surface area contributed by atoms with Gasteiger partial charge in [-0.2, -0.15) is 0 Å². The van der Waals surface area contributed by atoms with Crippen LogP contribution in [0.2, 0.25) is 0 Å². The highest BCUT2D eigenvalue weighted by atomic mass is 32.1. The molecule has 3 heterocycles. The largest absolute Gasteiger partial charge is 0.461 e. The number of thiazole rings is 1. The number of fused-ring (bicyclic) bond motifs is 1. The van der Waals surface area contributed by atoms with Crippen molar-refractivity contribution in [1.29, 1.82) is 0 Å². The van der Waals surface area contributed by atoms with Gasteiger partial charge in [-0.15, -0.1) is 11.3 Å². The molecule has 7 heteroatoms. The normalized spacial score (nSPS) is 14.8. The molecular weight excluding hydrogens is 348 g/mol. The number of benzene rings is 1. The molecule has 0 spiro atoms. The van der Waals surface area contributed by atoms with Crippen molar-refractivity contribution >= 4 is 33.5 Å². The zero-order chi connectivity index (χ0) is 18.1. The molecule has 0 unspecified atom stereocenters. The van der Waals surface area contributed by atoms with E-state index in [1.54, 1.807) is 11.3 Å². The Hall–Kier alpha value is -2.54. The number of para-hydroxylation sites is 1. The number of aryl methyl sites for hydroxylation is 2. The molecule has 0 atom stereocenters. The molecule has 2 amide bonds. The first-order valence-electron chi connectivity index (χ1n) is 8.78. The molecule has 1 aromatic carbocycles. The number of piperazine rings is 1. The van der Waals surface area contributed by atoms with Crippen molar-refractivity contribution in [3.05, 3.63) is 46.7 Å². The molecule has 0 radical (unpaired) electrons. The molecule has 1 aliphatic rings. The van der Waals surface area contributed by atoms with Gasteiger partial charge in [-0.3, -0.25) is 0 Å². The first-order chi connectivity index (χ1) is 12.6. The van der Waals surface area contributed by atoms with Crippen LogP contribution < -0.4 is 10.2 Å². The highest BCUT2D eigenvalue weighted by Gasteiger charge is 2.23. The summed E-state index contributed by atoms with van der Waals surface area (Å²) in [6, 6.07) is 7.90. The molecule has 0 saturated carbocycles. The summed E-state index contributed by atoms with van der Waals surface area (Å²) < 4.78 is 5.76. The van der Waals surface area contributed by atoms with Crippen molar-refractivity contribution < 1.29 is 9.21 Å². The smallest absolute Gasteiger partial charge is 0.317 e. The average molecular weight is 370 g/mol. The maximum Gasteiger partial charge on any atom is 0.317 e. The first-order valence-corrected chi connectivity index (χ1v) is 9.66. The second-order valence-electron chi connectivity index (χ2n) is 6.54. The predicted octanol–water partition coefficient (Wildman–Crippen LogP) is 3.54. The fraction of sp³-hybridized carbons (Fsp3) is 0.368. The lowest BCUT2D eigenvalue weighted by molar-refractivity contribution is 0.194. The number of anilines is 1. The van der Waals surface area contributed by atoms with Crippen molar-refractivity contribution in [3.8, 4) is 0 Å². The van der Waals surface area contributed by atoms with E-state index in [0.29, 0.717) is 19.6 Å². The van der Waals surface area contributed by atoms with Gasteiger partial charge in [0.2, 0.25) is 0 Å². The van der Waals surface area contributed by atoms with Gasteiger partial charge >= 0.3 is 6.03 Å². The Morgan fingerprint density at radius 2 is 2.00 bits per heavy atom. The molecule has 136 valence electrons. The number of nitrogens with zero attached hydrogens (tertiary/aromatic N) is 3.